The minimum atomic E-state index is 1.21. The summed E-state index contributed by atoms with van der Waals surface area (Å²) in [6.45, 7) is 0. The zero-order chi connectivity index (χ0) is 21.3. The average Bonchev–Trinajstić information content (AvgIpc) is 2.86. The van der Waals surface area contributed by atoms with E-state index >= 15 is 0 Å². The van der Waals surface area contributed by atoms with E-state index in [9.17, 15) is 0 Å². The van der Waals surface area contributed by atoms with Gasteiger partial charge in [-0.05, 0) is 78.9 Å². The molecule has 6 aromatic rings. The van der Waals surface area contributed by atoms with E-state index in [0.29, 0.717) is 0 Å². The van der Waals surface area contributed by atoms with Crippen molar-refractivity contribution in [1.29, 1.82) is 0 Å². The van der Waals surface area contributed by atoms with Gasteiger partial charge in [0.1, 0.15) is 0 Å². The Balaban J connectivity index is 1.57. The van der Waals surface area contributed by atoms with Gasteiger partial charge in [-0.1, -0.05) is 109 Å². The van der Waals surface area contributed by atoms with E-state index in [4.69, 9.17) is 0 Å². The first-order chi connectivity index (χ1) is 15.8. The van der Waals surface area contributed by atoms with E-state index in [-0.39, 0.29) is 0 Å². The van der Waals surface area contributed by atoms with Crippen LogP contribution in [0, 0.1) is 0 Å². The maximum atomic E-state index is 2.32. The first-order valence-corrected chi connectivity index (χ1v) is 11.0. The molecule has 0 atom stereocenters. The summed E-state index contributed by atoms with van der Waals surface area (Å²) in [5.41, 5.74) is 4.90. The molecule has 32 heavy (non-hydrogen) atoms. The Labute approximate surface area is 188 Å². The normalized spacial score (nSPS) is 11.1. The number of hydrogen-bond acceptors (Lipinski definition) is 0. The highest BCUT2D eigenvalue weighted by molar-refractivity contribution is 5.99. The van der Waals surface area contributed by atoms with Crippen LogP contribution in [0.4, 0.5) is 0 Å². The van der Waals surface area contributed by atoms with Crippen LogP contribution in [0.5, 0.6) is 0 Å². The van der Waals surface area contributed by atoms with Gasteiger partial charge in [0.2, 0.25) is 0 Å². The monoisotopic (exact) mass is 406 g/mol. The van der Waals surface area contributed by atoms with Crippen molar-refractivity contribution in [2.24, 2.45) is 0 Å². The molecule has 0 aliphatic carbocycles. The average molecular weight is 407 g/mol. The van der Waals surface area contributed by atoms with Crippen LogP contribution in [0.2, 0.25) is 0 Å². The van der Waals surface area contributed by atoms with Gasteiger partial charge in [-0.3, -0.25) is 0 Å². The topological polar surface area (TPSA) is 0 Å². The molecule has 0 unspecified atom stereocenters. The Morgan fingerprint density at radius 3 is 1.28 bits per heavy atom. The number of hydrogen-bond donors (Lipinski definition) is 0. The molecule has 0 fully saturated rings. The van der Waals surface area contributed by atoms with Crippen LogP contribution in [0.3, 0.4) is 0 Å². The van der Waals surface area contributed by atoms with Crippen LogP contribution in [-0.4, -0.2) is 0 Å². The summed E-state index contributed by atoms with van der Waals surface area (Å²) in [5, 5.41) is 7.57. The molecule has 0 aromatic heterocycles. The van der Waals surface area contributed by atoms with Gasteiger partial charge in [0.25, 0.3) is 0 Å². The molecule has 0 heteroatoms. The fraction of sp³-hybridized carbons (Fsp3) is 0. The quantitative estimate of drug-likeness (QED) is 0.258. The van der Waals surface area contributed by atoms with Gasteiger partial charge in [-0.25, -0.2) is 0 Å². The Kier molecular flexibility index (Phi) is 4.55. The summed E-state index contributed by atoms with van der Waals surface area (Å²) in [6.07, 6.45) is 2.32. The maximum absolute atomic E-state index is 2.32. The summed E-state index contributed by atoms with van der Waals surface area (Å²) in [4.78, 5) is 0. The lowest BCUT2D eigenvalue weighted by Crippen LogP contribution is -1.90. The van der Waals surface area contributed by atoms with Crippen molar-refractivity contribution in [3.8, 4) is 0 Å². The molecular formula is C32H22. The van der Waals surface area contributed by atoms with Crippen molar-refractivity contribution < 1.29 is 0 Å². The predicted octanol–water partition coefficient (Wildman–Crippen LogP) is 8.74. The summed E-state index contributed by atoms with van der Waals surface area (Å²) < 4.78 is 0. The lowest BCUT2D eigenvalue weighted by atomic mass is 9.92. The summed E-state index contributed by atoms with van der Waals surface area (Å²) in [5.74, 6) is 0. The van der Waals surface area contributed by atoms with E-state index in [2.05, 4.69) is 133 Å². The fourth-order valence-corrected chi connectivity index (χ4v) is 4.51. The highest BCUT2D eigenvalue weighted by atomic mass is 14.1. The van der Waals surface area contributed by atoms with E-state index in [1.54, 1.807) is 0 Å². The number of fused-ring (bicyclic) bond motifs is 3. The lowest BCUT2D eigenvalue weighted by molar-refractivity contribution is 1.59. The highest BCUT2D eigenvalue weighted by Crippen LogP contribution is 2.31. The lowest BCUT2D eigenvalue weighted by Gasteiger charge is -2.12. The molecule has 0 saturated heterocycles. The van der Waals surface area contributed by atoms with Gasteiger partial charge in [0, 0.05) is 0 Å². The van der Waals surface area contributed by atoms with Crippen molar-refractivity contribution in [2.75, 3.05) is 0 Å². The molecule has 0 heterocycles. The summed E-state index contributed by atoms with van der Waals surface area (Å²) in [7, 11) is 0. The standard InChI is InChI=1S/C32H22/c1-4-10-27-19-23(13-14-24(27)7-1)20-32(30-17-15-25-8-2-5-11-28(25)21-30)31-18-16-26-9-3-6-12-29(26)22-31/h1-22H. The summed E-state index contributed by atoms with van der Waals surface area (Å²) >= 11 is 0. The molecule has 0 aliphatic rings. The Morgan fingerprint density at radius 1 is 0.375 bits per heavy atom. The van der Waals surface area contributed by atoms with Crippen LogP contribution >= 0.6 is 0 Å². The molecule has 0 radical (unpaired) electrons. The second-order valence-electron chi connectivity index (χ2n) is 8.29. The van der Waals surface area contributed by atoms with Crippen molar-refractivity contribution in [3.05, 3.63) is 144 Å². The third kappa shape index (κ3) is 3.46. The van der Waals surface area contributed by atoms with Crippen molar-refractivity contribution >= 4 is 44.0 Å². The molecular weight excluding hydrogens is 384 g/mol. The third-order valence-corrected chi connectivity index (χ3v) is 6.21. The van der Waals surface area contributed by atoms with Crippen LogP contribution in [0.15, 0.2) is 127 Å². The zero-order valence-electron chi connectivity index (χ0n) is 17.7. The molecule has 0 saturated carbocycles. The molecule has 0 N–H and O–H groups in total. The van der Waals surface area contributed by atoms with Crippen LogP contribution < -0.4 is 0 Å². The van der Waals surface area contributed by atoms with E-state index in [0.717, 1.165) is 0 Å². The van der Waals surface area contributed by atoms with Gasteiger partial charge in [0.15, 0.2) is 0 Å². The van der Waals surface area contributed by atoms with Gasteiger partial charge < -0.3 is 0 Å². The van der Waals surface area contributed by atoms with Crippen LogP contribution in [-0.2, 0) is 0 Å². The SMILES string of the molecule is C(=C(c1ccc2ccccc2c1)c1ccc2ccccc2c1)c1ccc2ccccc2c1. The molecule has 0 aliphatic heterocycles. The molecule has 0 bridgehead atoms. The number of benzene rings is 6. The Hall–Kier alpha value is -4.16. The molecule has 0 spiro atoms. The Bertz CT molecular complexity index is 1540. The molecule has 150 valence electrons. The number of rotatable bonds is 3. The predicted molar refractivity (Wildman–Crippen MR) is 139 cm³/mol. The van der Waals surface area contributed by atoms with Crippen molar-refractivity contribution in [3.63, 3.8) is 0 Å². The van der Waals surface area contributed by atoms with Crippen molar-refractivity contribution in [1.82, 2.24) is 0 Å². The largest absolute Gasteiger partial charge is 0.0616 e. The van der Waals surface area contributed by atoms with Gasteiger partial charge >= 0.3 is 0 Å². The van der Waals surface area contributed by atoms with E-state index < -0.39 is 0 Å². The molecule has 6 rings (SSSR count). The second-order valence-corrected chi connectivity index (χ2v) is 8.29. The maximum Gasteiger partial charge on any atom is -0.0105 e. The van der Waals surface area contributed by atoms with Gasteiger partial charge in [0.05, 0.1) is 0 Å². The minimum Gasteiger partial charge on any atom is -0.0616 e. The fourth-order valence-electron chi connectivity index (χ4n) is 4.51. The summed E-state index contributed by atoms with van der Waals surface area (Å²) in [6, 6.07) is 45.9. The molecule has 0 nitrogen and oxygen atoms in total. The van der Waals surface area contributed by atoms with E-state index in [1.165, 1.54) is 54.6 Å². The van der Waals surface area contributed by atoms with Gasteiger partial charge in [-0.2, -0.15) is 0 Å². The zero-order valence-corrected chi connectivity index (χ0v) is 17.7. The smallest absolute Gasteiger partial charge is 0.0105 e. The second kappa shape index (κ2) is 7.83. The Morgan fingerprint density at radius 2 is 0.781 bits per heavy atom. The molecule has 0 amide bonds. The van der Waals surface area contributed by atoms with Crippen molar-refractivity contribution in [2.45, 2.75) is 0 Å². The van der Waals surface area contributed by atoms with Crippen LogP contribution in [0.25, 0.3) is 44.0 Å². The molecule has 6 aromatic carbocycles. The highest BCUT2D eigenvalue weighted by Gasteiger charge is 2.08. The first kappa shape index (κ1) is 18.6. The van der Waals surface area contributed by atoms with E-state index in [1.807, 2.05) is 0 Å². The first-order valence-electron chi connectivity index (χ1n) is 11.0. The van der Waals surface area contributed by atoms with Crippen LogP contribution in [0.1, 0.15) is 16.7 Å². The van der Waals surface area contributed by atoms with Gasteiger partial charge in [-0.15, -0.1) is 0 Å². The third-order valence-electron chi connectivity index (χ3n) is 6.21. The minimum absolute atomic E-state index is 1.21.